The second-order valence-corrected chi connectivity index (χ2v) is 7.01. The van der Waals surface area contributed by atoms with E-state index < -0.39 is 5.97 Å². The Bertz CT molecular complexity index is 732. The lowest BCUT2D eigenvalue weighted by atomic mass is 10.2. The van der Waals surface area contributed by atoms with E-state index in [-0.39, 0.29) is 12.5 Å². The monoisotopic (exact) mass is 395 g/mol. The number of nitrogens with zero attached hydrogens (tertiary/aromatic N) is 1. The van der Waals surface area contributed by atoms with Crippen LogP contribution in [0.2, 0.25) is 0 Å². The molecule has 0 bridgehead atoms. The number of amides is 1. The minimum atomic E-state index is -0.466. The average Bonchev–Trinajstić information content (AvgIpc) is 2.88. The molecule has 0 radical (unpaired) electrons. The predicted octanol–water partition coefficient (Wildman–Crippen LogP) is 3.25. The van der Waals surface area contributed by atoms with E-state index in [4.69, 9.17) is 26.4 Å². The zero-order valence-electron chi connectivity index (χ0n) is 14.9. The van der Waals surface area contributed by atoms with Gasteiger partial charge in [-0.3, -0.25) is 14.5 Å². The number of rotatable bonds is 8. The summed E-state index contributed by atoms with van der Waals surface area (Å²) in [5, 5.41) is 0. The first-order valence-corrected chi connectivity index (χ1v) is 9.44. The van der Waals surface area contributed by atoms with Gasteiger partial charge in [-0.1, -0.05) is 37.0 Å². The fraction of sp³-hybridized carbons (Fsp3) is 0.389. The molecular formula is C18H21NO5S2. The van der Waals surface area contributed by atoms with Gasteiger partial charge in [-0.05, 0) is 37.1 Å². The molecule has 1 fully saturated rings. The summed E-state index contributed by atoms with van der Waals surface area (Å²) in [5.74, 6) is 0.450. The van der Waals surface area contributed by atoms with Gasteiger partial charge in [0, 0.05) is 0 Å². The number of carbonyl (C=O) groups excluding carboxylic acids is 2. The standard InChI is InChI=1S/C18H21NO5S2/c1-4-8-24-16(20)11-19-17(21)15(26-18(19)25)10-12-6-7-13(23-5-2)14(9-12)22-3/h6-7,9-10H,4-5,8,11H2,1-3H3. The summed E-state index contributed by atoms with van der Waals surface area (Å²) in [6, 6.07) is 5.40. The number of hydrogen-bond donors (Lipinski definition) is 0. The molecule has 1 amide bonds. The van der Waals surface area contributed by atoms with E-state index in [1.54, 1.807) is 25.3 Å². The first-order chi connectivity index (χ1) is 12.5. The molecule has 0 aromatic heterocycles. The van der Waals surface area contributed by atoms with Crippen molar-refractivity contribution in [3.63, 3.8) is 0 Å². The lowest BCUT2D eigenvalue weighted by molar-refractivity contribution is -0.146. The predicted molar refractivity (Wildman–Crippen MR) is 105 cm³/mol. The maximum Gasteiger partial charge on any atom is 0.326 e. The molecule has 1 aromatic rings. The molecular weight excluding hydrogens is 374 g/mol. The van der Waals surface area contributed by atoms with Crippen molar-refractivity contribution >= 4 is 46.3 Å². The van der Waals surface area contributed by atoms with Crippen LogP contribution in [0.15, 0.2) is 23.1 Å². The molecule has 0 saturated carbocycles. The molecule has 0 spiro atoms. The summed E-state index contributed by atoms with van der Waals surface area (Å²) in [7, 11) is 1.56. The van der Waals surface area contributed by atoms with E-state index >= 15 is 0 Å². The highest BCUT2D eigenvalue weighted by atomic mass is 32.2. The molecule has 1 aliphatic heterocycles. The van der Waals surface area contributed by atoms with Gasteiger partial charge in [0.1, 0.15) is 10.9 Å². The van der Waals surface area contributed by atoms with Gasteiger partial charge in [-0.25, -0.2) is 0 Å². The Morgan fingerprint density at radius 1 is 1.31 bits per heavy atom. The molecule has 1 aromatic carbocycles. The van der Waals surface area contributed by atoms with Crippen LogP contribution in [0.4, 0.5) is 0 Å². The average molecular weight is 396 g/mol. The molecule has 1 aliphatic rings. The van der Waals surface area contributed by atoms with Crippen LogP contribution in [0, 0.1) is 0 Å². The van der Waals surface area contributed by atoms with Crippen molar-refractivity contribution in [2.75, 3.05) is 26.9 Å². The van der Waals surface area contributed by atoms with Gasteiger partial charge in [0.25, 0.3) is 5.91 Å². The molecule has 140 valence electrons. The third kappa shape index (κ3) is 4.98. The molecule has 0 unspecified atom stereocenters. The Labute approximate surface area is 162 Å². The van der Waals surface area contributed by atoms with Gasteiger partial charge in [0.15, 0.2) is 11.5 Å². The minimum Gasteiger partial charge on any atom is -0.493 e. The second kappa shape index (κ2) is 9.59. The van der Waals surface area contributed by atoms with Crippen molar-refractivity contribution in [2.24, 2.45) is 0 Å². The van der Waals surface area contributed by atoms with E-state index in [1.165, 1.54) is 4.90 Å². The van der Waals surface area contributed by atoms with Crippen molar-refractivity contribution in [3.05, 3.63) is 28.7 Å². The van der Waals surface area contributed by atoms with Crippen LogP contribution in [-0.2, 0) is 14.3 Å². The van der Waals surface area contributed by atoms with Gasteiger partial charge >= 0.3 is 5.97 Å². The van der Waals surface area contributed by atoms with Crippen LogP contribution in [0.25, 0.3) is 6.08 Å². The summed E-state index contributed by atoms with van der Waals surface area (Å²) < 4.78 is 16.2. The third-order valence-electron chi connectivity index (χ3n) is 3.41. The molecule has 1 heterocycles. The maximum absolute atomic E-state index is 12.5. The van der Waals surface area contributed by atoms with E-state index in [0.717, 1.165) is 23.7 Å². The number of carbonyl (C=O) groups is 2. The molecule has 2 rings (SSSR count). The minimum absolute atomic E-state index is 0.172. The molecule has 0 atom stereocenters. The number of methoxy groups -OCH3 is 1. The quantitative estimate of drug-likeness (QED) is 0.380. The molecule has 0 aliphatic carbocycles. The number of thiocarbonyl (C=S) groups is 1. The zero-order valence-corrected chi connectivity index (χ0v) is 16.6. The number of hydrogen-bond acceptors (Lipinski definition) is 7. The zero-order chi connectivity index (χ0) is 19.1. The van der Waals surface area contributed by atoms with Crippen molar-refractivity contribution in [1.82, 2.24) is 4.90 Å². The second-order valence-electron chi connectivity index (χ2n) is 5.33. The molecule has 1 saturated heterocycles. The highest BCUT2D eigenvalue weighted by Gasteiger charge is 2.33. The van der Waals surface area contributed by atoms with Gasteiger partial charge in [-0.15, -0.1) is 0 Å². The fourth-order valence-electron chi connectivity index (χ4n) is 2.23. The smallest absolute Gasteiger partial charge is 0.326 e. The van der Waals surface area contributed by atoms with Gasteiger partial charge < -0.3 is 14.2 Å². The van der Waals surface area contributed by atoms with E-state index in [2.05, 4.69) is 0 Å². The van der Waals surface area contributed by atoms with Gasteiger partial charge in [-0.2, -0.15) is 0 Å². The molecule has 0 N–H and O–H groups in total. The van der Waals surface area contributed by atoms with Crippen molar-refractivity contribution < 1.29 is 23.8 Å². The summed E-state index contributed by atoms with van der Waals surface area (Å²) in [4.78, 5) is 26.0. The largest absolute Gasteiger partial charge is 0.493 e. The topological polar surface area (TPSA) is 65.1 Å². The van der Waals surface area contributed by atoms with Crippen LogP contribution in [0.5, 0.6) is 11.5 Å². The Hall–Kier alpha value is -2.06. The summed E-state index contributed by atoms with van der Waals surface area (Å²) >= 11 is 6.38. The van der Waals surface area contributed by atoms with E-state index in [1.807, 2.05) is 19.9 Å². The van der Waals surface area contributed by atoms with Crippen molar-refractivity contribution in [2.45, 2.75) is 20.3 Å². The van der Waals surface area contributed by atoms with Crippen molar-refractivity contribution in [1.29, 1.82) is 0 Å². The number of ether oxygens (including phenoxy) is 3. The number of esters is 1. The Kier molecular flexibility index (Phi) is 7.47. The highest BCUT2D eigenvalue weighted by Crippen LogP contribution is 2.34. The van der Waals surface area contributed by atoms with E-state index in [9.17, 15) is 9.59 Å². The Balaban J connectivity index is 2.15. The third-order valence-corrected chi connectivity index (χ3v) is 4.79. The van der Waals surface area contributed by atoms with Crippen LogP contribution in [0.1, 0.15) is 25.8 Å². The summed E-state index contributed by atoms with van der Waals surface area (Å²) in [6.07, 6.45) is 2.44. The van der Waals surface area contributed by atoms with Crippen LogP contribution in [-0.4, -0.2) is 48.0 Å². The van der Waals surface area contributed by atoms with Crippen LogP contribution >= 0.6 is 24.0 Å². The lowest BCUT2D eigenvalue weighted by Gasteiger charge is -2.13. The van der Waals surface area contributed by atoms with Crippen molar-refractivity contribution in [3.8, 4) is 11.5 Å². The first kappa shape index (κ1) is 20.3. The van der Waals surface area contributed by atoms with E-state index in [0.29, 0.717) is 33.9 Å². The molecule has 6 nitrogen and oxygen atoms in total. The SMILES string of the molecule is CCCOC(=O)CN1C(=O)C(=Cc2ccc(OCC)c(OC)c2)SC1=S. The Morgan fingerprint density at radius 2 is 2.08 bits per heavy atom. The number of benzene rings is 1. The lowest BCUT2D eigenvalue weighted by Crippen LogP contribution is -2.34. The van der Waals surface area contributed by atoms with Gasteiger partial charge in [0.2, 0.25) is 0 Å². The molecule has 8 heteroatoms. The summed E-state index contributed by atoms with van der Waals surface area (Å²) in [5.41, 5.74) is 0.777. The first-order valence-electron chi connectivity index (χ1n) is 8.22. The highest BCUT2D eigenvalue weighted by molar-refractivity contribution is 8.26. The normalized spacial score (nSPS) is 15.5. The molecule has 26 heavy (non-hydrogen) atoms. The fourth-order valence-corrected chi connectivity index (χ4v) is 3.48. The Morgan fingerprint density at radius 3 is 2.73 bits per heavy atom. The van der Waals surface area contributed by atoms with Crippen LogP contribution < -0.4 is 9.47 Å². The van der Waals surface area contributed by atoms with Crippen LogP contribution in [0.3, 0.4) is 0 Å². The number of thioether (sulfide) groups is 1. The summed E-state index contributed by atoms with van der Waals surface area (Å²) in [6.45, 7) is 4.48. The maximum atomic E-state index is 12.5. The van der Waals surface area contributed by atoms with Gasteiger partial charge in [0.05, 0.1) is 25.2 Å².